The van der Waals surface area contributed by atoms with Crippen LogP contribution in [0.1, 0.15) is 6.42 Å². The summed E-state index contributed by atoms with van der Waals surface area (Å²) in [5.74, 6) is 0.552. The van der Waals surface area contributed by atoms with Crippen LogP contribution < -0.4 is 5.32 Å². The van der Waals surface area contributed by atoms with Crippen LogP contribution in [0.25, 0.3) is 0 Å². The van der Waals surface area contributed by atoms with Gasteiger partial charge in [0.2, 0.25) is 0 Å². The van der Waals surface area contributed by atoms with Gasteiger partial charge < -0.3 is 5.32 Å². The van der Waals surface area contributed by atoms with E-state index < -0.39 is 0 Å². The maximum absolute atomic E-state index is 10.8. The molecule has 0 saturated carbocycles. The molecule has 1 atom stereocenters. The Hall–Kier alpha value is 0.210. The third-order valence-electron chi connectivity index (χ3n) is 1.65. The Morgan fingerprint density at radius 3 is 2.80 bits per heavy atom. The largest absolute Gasteiger partial charge is 0.316 e. The van der Waals surface area contributed by atoms with Crippen LogP contribution in [0, 0.1) is 5.92 Å². The number of hydrogen-bond donors (Lipinski definition) is 1. The fourth-order valence-corrected chi connectivity index (χ4v) is 1.26. The number of carbonyl (C=O) groups excluding carboxylic acids is 1. The summed E-state index contributed by atoms with van der Waals surface area (Å²) in [6.07, 6.45) is 0.964. The molecule has 1 aliphatic rings. The number of nitrogens with one attached hydrogen (secondary N) is 1. The van der Waals surface area contributed by atoms with Gasteiger partial charge in [-0.1, -0.05) is 0 Å². The van der Waals surface area contributed by atoms with Crippen molar-refractivity contribution in [2.45, 2.75) is 6.42 Å². The minimum atomic E-state index is 0. The Labute approximate surface area is 71.7 Å². The minimum absolute atomic E-state index is 0. The molecule has 0 radical (unpaired) electrons. The Bertz CT molecular complexity index is 112. The number of alkyl halides is 1. The zero-order chi connectivity index (χ0) is 6.69. The van der Waals surface area contributed by atoms with E-state index in [-0.39, 0.29) is 30.0 Å². The van der Waals surface area contributed by atoms with E-state index in [0.29, 0.717) is 0 Å². The summed E-state index contributed by atoms with van der Waals surface area (Å²) >= 11 is 5.35. The molecule has 1 rings (SSSR count). The van der Waals surface area contributed by atoms with Crippen LogP contribution in [0.5, 0.6) is 0 Å². The van der Waals surface area contributed by atoms with Gasteiger partial charge in [-0.25, -0.2) is 0 Å². The fraction of sp³-hybridized carbons (Fsp3) is 0.833. The molecule has 4 heteroatoms. The van der Waals surface area contributed by atoms with E-state index in [0.717, 1.165) is 19.5 Å². The molecular weight excluding hydrogens is 173 g/mol. The molecule has 1 unspecified atom stereocenters. The molecule has 0 bridgehead atoms. The van der Waals surface area contributed by atoms with Gasteiger partial charge in [-0.2, -0.15) is 0 Å². The molecule has 10 heavy (non-hydrogen) atoms. The van der Waals surface area contributed by atoms with Crippen molar-refractivity contribution in [3.05, 3.63) is 0 Å². The van der Waals surface area contributed by atoms with Gasteiger partial charge in [-0.3, -0.25) is 4.79 Å². The Kier molecular flexibility index (Phi) is 5.04. The van der Waals surface area contributed by atoms with Gasteiger partial charge in [0.05, 0.1) is 5.88 Å². The highest BCUT2D eigenvalue weighted by atomic mass is 35.5. The maximum atomic E-state index is 10.8. The van der Waals surface area contributed by atoms with Crippen LogP contribution in [0.15, 0.2) is 0 Å². The van der Waals surface area contributed by atoms with Gasteiger partial charge in [-0.05, 0) is 13.0 Å². The number of ketones is 1. The number of Topliss-reactive ketones (excluding diaryl/α,β-unsaturated/α-hetero) is 1. The number of hydrogen-bond acceptors (Lipinski definition) is 2. The van der Waals surface area contributed by atoms with Crippen molar-refractivity contribution in [2.75, 3.05) is 19.0 Å². The maximum Gasteiger partial charge on any atom is 0.151 e. The highest BCUT2D eigenvalue weighted by molar-refractivity contribution is 6.27. The third-order valence-corrected chi connectivity index (χ3v) is 1.91. The fourth-order valence-electron chi connectivity index (χ4n) is 1.04. The van der Waals surface area contributed by atoms with Crippen LogP contribution >= 0.6 is 24.0 Å². The first-order chi connectivity index (χ1) is 4.34. The van der Waals surface area contributed by atoms with E-state index in [2.05, 4.69) is 5.32 Å². The van der Waals surface area contributed by atoms with Gasteiger partial charge in [0.25, 0.3) is 0 Å². The van der Waals surface area contributed by atoms with E-state index >= 15 is 0 Å². The summed E-state index contributed by atoms with van der Waals surface area (Å²) in [7, 11) is 0. The van der Waals surface area contributed by atoms with E-state index in [1.54, 1.807) is 0 Å². The summed E-state index contributed by atoms with van der Waals surface area (Å²) in [6.45, 7) is 1.79. The molecule has 1 fully saturated rings. The second kappa shape index (κ2) is 4.94. The monoisotopic (exact) mass is 183 g/mol. The summed E-state index contributed by atoms with van der Waals surface area (Å²) < 4.78 is 0. The zero-order valence-electron chi connectivity index (χ0n) is 5.60. The van der Waals surface area contributed by atoms with Crippen LogP contribution in [0.4, 0.5) is 0 Å². The molecule has 1 N–H and O–H groups in total. The lowest BCUT2D eigenvalue weighted by Gasteiger charge is -2.01. The van der Waals surface area contributed by atoms with E-state index in [9.17, 15) is 4.79 Å². The Morgan fingerprint density at radius 2 is 2.40 bits per heavy atom. The summed E-state index contributed by atoms with van der Waals surface area (Å²) in [4.78, 5) is 10.8. The number of halogens is 2. The van der Waals surface area contributed by atoms with Crippen LogP contribution in [0.3, 0.4) is 0 Å². The third kappa shape index (κ3) is 2.45. The van der Waals surface area contributed by atoms with Gasteiger partial charge >= 0.3 is 0 Å². The predicted octanol–water partition coefficient (Wildman–Crippen LogP) is 0.826. The SMILES string of the molecule is Cl.O=C(CCl)C1CCNC1. The molecule has 60 valence electrons. The highest BCUT2D eigenvalue weighted by Crippen LogP contribution is 2.08. The predicted molar refractivity (Wildman–Crippen MR) is 44.0 cm³/mol. The van der Waals surface area contributed by atoms with Crippen molar-refractivity contribution < 1.29 is 4.79 Å². The van der Waals surface area contributed by atoms with Crippen molar-refractivity contribution in [1.82, 2.24) is 5.32 Å². The van der Waals surface area contributed by atoms with Crippen molar-refractivity contribution in [3.8, 4) is 0 Å². The quantitative estimate of drug-likeness (QED) is 0.644. The Morgan fingerprint density at radius 1 is 1.70 bits per heavy atom. The lowest BCUT2D eigenvalue weighted by atomic mass is 10.1. The van der Waals surface area contributed by atoms with Crippen molar-refractivity contribution >= 4 is 29.8 Å². The van der Waals surface area contributed by atoms with E-state index in [1.165, 1.54) is 0 Å². The molecule has 0 aliphatic carbocycles. The topological polar surface area (TPSA) is 29.1 Å². The summed E-state index contributed by atoms with van der Waals surface area (Å²) in [5, 5.41) is 3.11. The van der Waals surface area contributed by atoms with Crippen LogP contribution in [-0.2, 0) is 4.79 Å². The van der Waals surface area contributed by atoms with Crippen LogP contribution in [-0.4, -0.2) is 24.8 Å². The van der Waals surface area contributed by atoms with Gasteiger partial charge in [-0.15, -0.1) is 24.0 Å². The molecule has 0 aromatic rings. The van der Waals surface area contributed by atoms with Gasteiger partial charge in [0.15, 0.2) is 5.78 Å². The van der Waals surface area contributed by atoms with Crippen molar-refractivity contribution in [2.24, 2.45) is 5.92 Å². The molecule has 0 amide bonds. The standard InChI is InChI=1S/C6H10ClNO.ClH/c7-3-6(9)5-1-2-8-4-5;/h5,8H,1-4H2;1H. The molecule has 1 heterocycles. The lowest BCUT2D eigenvalue weighted by molar-refractivity contribution is -0.119. The zero-order valence-corrected chi connectivity index (χ0v) is 7.17. The molecule has 2 nitrogen and oxygen atoms in total. The summed E-state index contributed by atoms with van der Waals surface area (Å²) in [6, 6.07) is 0. The normalized spacial score (nSPS) is 23.9. The molecule has 0 spiro atoms. The smallest absolute Gasteiger partial charge is 0.151 e. The minimum Gasteiger partial charge on any atom is -0.316 e. The first kappa shape index (κ1) is 10.2. The molecular formula is C6H11Cl2NO. The van der Waals surface area contributed by atoms with E-state index in [1.807, 2.05) is 0 Å². The molecule has 1 saturated heterocycles. The van der Waals surface area contributed by atoms with Crippen molar-refractivity contribution in [3.63, 3.8) is 0 Å². The highest BCUT2D eigenvalue weighted by Gasteiger charge is 2.20. The first-order valence-corrected chi connectivity index (χ1v) is 3.67. The molecule has 0 aromatic heterocycles. The van der Waals surface area contributed by atoms with Gasteiger partial charge in [0, 0.05) is 12.5 Å². The van der Waals surface area contributed by atoms with Crippen LogP contribution in [0.2, 0.25) is 0 Å². The second-order valence-corrected chi connectivity index (χ2v) is 2.56. The molecule has 0 aromatic carbocycles. The number of rotatable bonds is 2. The average Bonchev–Trinajstić information content (AvgIpc) is 2.37. The van der Waals surface area contributed by atoms with E-state index in [4.69, 9.17) is 11.6 Å². The second-order valence-electron chi connectivity index (χ2n) is 2.29. The van der Waals surface area contributed by atoms with Crippen molar-refractivity contribution in [1.29, 1.82) is 0 Å². The average molecular weight is 184 g/mol. The first-order valence-electron chi connectivity index (χ1n) is 3.14. The molecule has 1 aliphatic heterocycles. The lowest BCUT2D eigenvalue weighted by Crippen LogP contribution is -2.18. The number of carbonyl (C=O) groups is 1. The Balaban J connectivity index is 0.000000810. The van der Waals surface area contributed by atoms with Gasteiger partial charge in [0.1, 0.15) is 0 Å². The summed E-state index contributed by atoms with van der Waals surface area (Å²) in [5.41, 5.74) is 0.